The highest BCUT2D eigenvalue weighted by atomic mass is 16.5. The summed E-state index contributed by atoms with van der Waals surface area (Å²) in [6.45, 7) is 3.52. The molecule has 20 heavy (non-hydrogen) atoms. The van der Waals surface area contributed by atoms with Crippen LogP contribution in [0.4, 0.5) is 0 Å². The van der Waals surface area contributed by atoms with Crippen molar-refractivity contribution in [1.29, 1.82) is 0 Å². The molecule has 0 saturated carbocycles. The SMILES string of the molecule is CCCCCC(CC1C=CCOC1=O)Cn1cccn1. The average molecular weight is 276 g/mol. The maximum Gasteiger partial charge on any atom is 0.313 e. The standard InChI is InChI=1S/C16H24N2O2/c1-2-3-4-7-14(13-18-10-6-9-17-18)12-15-8-5-11-20-16(15)19/h5-6,8-10,14-15H,2-4,7,11-13H2,1H3. The third-order valence-corrected chi connectivity index (χ3v) is 3.80. The molecule has 0 fully saturated rings. The van der Waals surface area contributed by atoms with Gasteiger partial charge in [0.2, 0.25) is 0 Å². The Bertz CT molecular complexity index is 426. The summed E-state index contributed by atoms with van der Waals surface area (Å²) in [7, 11) is 0. The molecular weight excluding hydrogens is 252 g/mol. The van der Waals surface area contributed by atoms with E-state index in [1.54, 1.807) is 6.20 Å². The van der Waals surface area contributed by atoms with Gasteiger partial charge in [0.05, 0.1) is 5.92 Å². The van der Waals surface area contributed by atoms with Crippen molar-refractivity contribution in [3.8, 4) is 0 Å². The molecule has 110 valence electrons. The normalized spacial score (nSPS) is 19.9. The Hall–Kier alpha value is -1.58. The van der Waals surface area contributed by atoms with Gasteiger partial charge in [0.1, 0.15) is 6.61 Å². The topological polar surface area (TPSA) is 44.1 Å². The molecule has 2 unspecified atom stereocenters. The Balaban J connectivity index is 1.92. The number of hydrogen-bond donors (Lipinski definition) is 0. The first kappa shape index (κ1) is 14.8. The number of aromatic nitrogens is 2. The molecule has 1 aliphatic rings. The third-order valence-electron chi connectivity index (χ3n) is 3.80. The second-order valence-electron chi connectivity index (χ2n) is 5.49. The molecule has 0 amide bonds. The van der Waals surface area contributed by atoms with Crippen LogP contribution in [0.15, 0.2) is 30.6 Å². The molecule has 1 aromatic heterocycles. The van der Waals surface area contributed by atoms with Crippen molar-refractivity contribution < 1.29 is 9.53 Å². The summed E-state index contributed by atoms with van der Waals surface area (Å²) >= 11 is 0. The molecule has 0 aliphatic carbocycles. The highest BCUT2D eigenvalue weighted by molar-refractivity contribution is 5.75. The molecular formula is C16H24N2O2. The molecule has 0 saturated heterocycles. The summed E-state index contributed by atoms with van der Waals surface area (Å²) in [5.74, 6) is 0.321. The van der Waals surface area contributed by atoms with E-state index in [2.05, 4.69) is 12.0 Å². The number of esters is 1. The number of hydrogen-bond acceptors (Lipinski definition) is 3. The summed E-state index contributed by atoms with van der Waals surface area (Å²) < 4.78 is 7.07. The zero-order valence-corrected chi connectivity index (χ0v) is 12.2. The van der Waals surface area contributed by atoms with E-state index in [4.69, 9.17) is 4.74 Å². The predicted molar refractivity (Wildman–Crippen MR) is 78.1 cm³/mol. The summed E-state index contributed by atoms with van der Waals surface area (Å²) in [6, 6.07) is 1.94. The van der Waals surface area contributed by atoms with Gasteiger partial charge in [-0.2, -0.15) is 5.10 Å². The van der Waals surface area contributed by atoms with Crippen LogP contribution in [0.1, 0.15) is 39.0 Å². The molecule has 0 radical (unpaired) electrons. The van der Waals surface area contributed by atoms with Crippen LogP contribution in [0.25, 0.3) is 0 Å². The van der Waals surface area contributed by atoms with Gasteiger partial charge in [-0.25, -0.2) is 0 Å². The van der Waals surface area contributed by atoms with Gasteiger partial charge in [-0.1, -0.05) is 38.3 Å². The molecule has 2 heterocycles. The number of carbonyl (C=O) groups is 1. The van der Waals surface area contributed by atoms with Gasteiger partial charge in [-0.15, -0.1) is 0 Å². The fourth-order valence-electron chi connectivity index (χ4n) is 2.71. The molecule has 0 spiro atoms. The van der Waals surface area contributed by atoms with Gasteiger partial charge in [0, 0.05) is 18.9 Å². The fourth-order valence-corrected chi connectivity index (χ4v) is 2.71. The lowest BCUT2D eigenvalue weighted by molar-refractivity contribution is -0.147. The summed E-state index contributed by atoms with van der Waals surface area (Å²) in [5.41, 5.74) is 0. The van der Waals surface area contributed by atoms with Crippen LogP contribution in [0.2, 0.25) is 0 Å². The van der Waals surface area contributed by atoms with E-state index in [1.165, 1.54) is 19.3 Å². The van der Waals surface area contributed by atoms with Crippen LogP contribution in [0.3, 0.4) is 0 Å². The van der Waals surface area contributed by atoms with Gasteiger partial charge >= 0.3 is 5.97 Å². The highest BCUT2D eigenvalue weighted by Crippen LogP contribution is 2.24. The number of unbranched alkanes of at least 4 members (excludes halogenated alkanes) is 2. The molecule has 4 nitrogen and oxygen atoms in total. The molecule has 4 heteroatoms. The van der Waals surface area contributed by atoms with Gasteiger partial charge < -0.3 is 4.74 Å². The minimum atomic E-state index is -0.0778. The fraction of sp³-hybridized carbons (Fsp3) is 0.625. The van der Waals surface area contributed by atoms with Crippen molar-refractivity contribution in [2.24, 2.45) is 11.8 Å². The Labute approximate surface area is 120 Å². The zero-order valence-electron chi connectivity index (χ0n) is 12.2. The summed E-state index contributed by atoms with van der Waals surface area (Å²) in [5, 5.41) is 4.28. The summed E-state index contributed by atoms with van der Waals surface area (Å²) in [6.07, 6.45) is 13.4. The Kier molecular flexibility index (Phi) is 5.84. The van der Waals surface area contributed by atoms with Crippen molar-refractivity contribution in [2.75, 3.05) is 6.61 Å². The maximum absolute atomic E-state index is 11.8. The van der Waals surface area contributed by atoms with Crippen molar-refractivity contribution in [2.45, 2.75) is 45.6 Å². The molecule has 2 atom stereocenters. The Morgan fingerprint density at radius 2 is 2.40 bits per heavy atom. The average Bonchev–Trinajstić information content (AvgIpc) is 2.94. The van der Waals surface area contributed by atoms with Crippen molar-refractivity contribution in [1.82, 2.24) is 9.78 Å². The van der Waals surface area contributed by atoms with Crippen molar-refractivity contribution in [3.05, 3.63) is 30.6 Å². The third kappa shape index (κ3) is 4.51. The van der Waals surface area contributed by atoms with Crippen LogP contribution in [0.5, 0.6) is 0 Å². The predicted octanol–water partition coefficient (Wildman–Crippen LogP) is 3.20. The first-order valence-corrected chi connectivity index (χ1v) is 7.60. The van der Waals surface area contributed by atoms with Gasteiger partial charge in [-0.05, 0) is 24.8 Å². The van der Waals surface area contributed by atoms with E-state index in [0.717, 1.165) is 19.4 Å². The van der Waals surface area contributed by atoms with E-state index in [9.17, 15) is 4.79 Å². The summed E-state index contributed by atoms with van der Waals surface area (Å²) in [4.78, 5) is 11.8. The molecule has 2 rings (SSSR count). The van der Waals surface area contributed by atoms with Crippen LogP contribution < -0.4 is 0 Å². The largest absolute Gasteiger partial charge is 0.461 e. The molecule has 0 bridgehead atoms. The molecule has 1 aromatic rings. The quantitative estimate of drug-likeness (QED) is 0.416. The molecule has 0 N–H and O–H groups in total. The van der Waals surface area contributed by atoms with Crippen molar-refractivity contribution >= 4 is 5.97 Å². The second-order valence-corrected chi connectivity index (χ2v) is 5.49. The van der Waals surface area contributed by atoms with Crippen LogP contribution in [-0.2, 0) is 16.1 Å². The van der Waals surface area contributed by atoms with E-state index in [1.807, 2.05) is 29.1 Å². The van der Waals surface area contributed by atoms with E-state index in [0.29, 0.717) is 12.5 Å². The number of rotatable bonds is 8. The second kappa shape index (κ2) is 7.88. The van der Waals surface area contributed by atoms with E-state index in [-0.39, 0.29) is 11.9 Å². The number of nitrogens with zero attached hydrogens (tertiary/aromatic N) is 2. The van der Waals surface area contributed by atoms with Gasteiger partial charge in [0.15, 0.2) is 0 Å². The van der Waals surface area contributed by atoms with Gasteiger partial charge in [-0.3, -0.25) is 9.48 Å². The van der Waals surface area contributed by atoms with Crippen LogP contribution in [-0.4, -0.2) is 22.4 Å². The Morgan fingerprint density at radius 1 is 1.50 bits per heavy atom. The number of carbonyl (C=O) groups excluding carboxylic acids is 1. The minimum Gasteiger partial charge on any atom is -0.461 e. The monoisotopic (exact) mass is 276 g/mol. The first-order valence-electron chi connectivity index (χ1n) is 7.60. The van der Waals surface area contributed by atoms with Crippen molar-refractivity contribution in [3.63, 3.8) is 0 Å². The highest BCUT2D eigenvalue weighted by Gasteiger charge is 2.24. The zero-order chi connectivity index (χ0) is 14.2. The van der Waals surface area contributed by atoms with Gasteiger partial charge in [0.25, 0.3) is 0 Å². The Morgan fingerprint density at radius 3 is 3.10 bits per heavy atom. The van der Waals surface area contributed by atoms with Crippen LogP contribution >= 0.6 is 0 Å². The van der Waals surface area contributed by atoms with Crippen LogP contribution in [0, 0.1) is 11.8 Å². The molecule has 0 aromatic carbocycles. The van der Waals surface area contributed by atoms with E-state index >= 15 is 0 Å². The lowest BCUT2D eigenvalue weighted by atomic mass is 9.89. The number of ether oxygens (including phenoxy) is 1. The minimum absolute atomic E-state index is 0.0755. The molecule has 1 aliphatic heterocycles. The van der Waals surface area contributed by atoms with E-state index < -0.39 is 0 Å². The lowest BCUT2D eigenvalue weighted by Gasteiger charge is -2.22. The lowest BCUT2D eigenvalue weighted by Crippen LogP contribution is -2.24. The smallest absolute Gasteiger partial charge is 0.313 e. The first-order chi connectivity index (χ1) is 9.79. The number of cyclic esters (lactones) is 1. The maximum atomic E-state index is 11.8.